The maximum Gasteiger partial charge on any atom is 0.0921 e. The zero-order chi connectivity index (χ0) is 10.4. The Morgan fingerprint density at radius 3 is 2.71 bits per heavy atom. The van der Waals surface area contributed by atoms with Crippen LogP contribution in [0.25, 0.3) is 0 Å². The first-order chi connectivity index (χ1) is 6.77. The number of pyridine rings is 1. The van der Waals surface area contributed by atoms with Crippen molar-refractivity contribution >= 4 is 23.5 Å². The molecule has 0 aliphatic carbocycles. The monoisotopic (exact) mass is 227 g/mol. The number of hydrogen-bond acceptors (Lipinski definition) is 3. The summed E-state index contributed by atoms with van der Waals surface area (Å²) in [6.07, 6.45) is 5.24. The Bertz CT molecular complexity index is 251. The highest BCUT2D eigenvalue weighted by atomic mass is 32.2. The molecule has 1 aromatic heterocycles. The molecule has 14 heavy (non-hydrogen) atoms. The van der Waals surface area contributed by atoms with Gasteiger partial charge in [-0.05, 0) is 24.8 Å². The molecule has 0 aliphatic rings. The first-order valence-corrected chi connectivity index (χ1v) is 7.10. The summed E-state index contributed by atoms with van der Waals surface area (Å²) in [6.45, 7) is 4.50. The summed E-state index contributed by atoms with van der Waals surface area (Å²) in [4.78, 5) is 4.40. The summed E-state index contributed by atoms with van der Waals surface area (Å²) in [7, 11) is 0. The molecule has 0 radical (unpaired) electrons. The van der Waals surface area contributed by atoms with Crippen molar-refractivity contribution in [3.05, 3.63) is 30.1 Å². The lowest BCUT2D eigenvalue weighted by Gasteiger charge is -2.17. The van der Waals surface area contributed by atoms with Gasteiger partial charge in [0.25, 0.3) is 0 Å². The van der Waals surface area contributed by atoms with Gasteiger partial charge in [-0.3, -0.25) is 4.98 Å². The number of rotatable bonds is 5. The van der Waals surface area contributed by atoms with Crippen LogP contribution in [0, 0.1) is 0 Å². The summed E-state index contributed by atoms with van der Waals surface area (Å²) >= 11 is 3.87. The Kier molecular flexibility index (Phi) is 5.41. The van der Waals surface area contributed by atoms with Crippen molar-refractivity contribution in [2.75, 3.05) is 6.26 Å². The summed E-state index contributed by atoms with van der Waals surface area (Å²) in [6, 6.07) is 6.13. The Morgan fingerprint density at radius 1 is 1.43 bits per heavy atom. The number of hydrogen-bond donors (Lipinski definition) is 0. The van der Waals surface area contributed by atoms with Crippen molar-refractivity contribution in [1.82, 2.24) is 4.98 Å². The van der Waals surface area contributed by atoms with Crippen LogP contribution in [-0.2, 0) is 0 Å². The normalized spacial score (nSPS) is 15.1. The fraction of sp³-hybridized carbons (Fsp3) is 0.545. The van der Waals surface area contributed by atoms with E-state index in [4.69, 9.17) is 0 Å². The molecule has 3 heteroatoms. The van der Waals surface area contributed by atoms with Crippen LogP contribution >= 0.6 is 23.5 Å². The number of nitrogens with zero attached hydrogens (tertiary/aromatic N) is 1. The van der Waals surface area contributed by atoms with Crippen LogP contribution in [0.2, 0.25) is 0 Å². The lowest BCUT2D eigenvalue weighted by Crippen LogP contribution is -1.99. The van der Waals surface area contributed by atoms with Crippen LogP contribution in [0.5, 0.6) is 0 Å². The van der Waals surface area contributed by atoms with Crippen LogP contribution in [-0.4, -0.2) is 16.5 Å². The van der Waals surface area contributed by atoms with E-state index in [0.717, 1.165) is 0 Å². The molecule has 0 aromatic carbocycles. The summed E-state index contributed by atoms with van der Waals surface area (Å²) in [5.41, 5.74) is 1.19. The third-order valence-electron chi connectivity index (χ3n) is 2.07. The molecule has 0 saturated carbocycles. The number of aromatic nitrogens is 1. The molecule has 0 aliphatic heterocycles. The van der Waals surface area contributed by atoms with Crippen LogP contribution in [0.4, 0.5) is 0 Å². The van der Waals surface area contributed by atoms with Crippen LogP contribution < -0.4 is 0 Å². The first kappa shape index (κ1) is 11.9. The fourth-order valence-electron chi connectivity index (χ4n) is 1.07. The van der Waals surface area contributed by atoms with Gasteiger partial charge in [0.15, 0.2) is 0 Å². The Morgan fingerprint density at radius 2 is 2.21 bits per heavy atom. The highest BCUT2D eigenvalue weighted by Crippen LogP contribution is 2.39. The van der Waals surface area contributed by atoms with Gasteiger partial charge >= 0.3 is 0 Å². The van der Waals surface area contributed by atoms with Crippen LogP contribution in [0.3, 0.4) is 0 Å². The molecule has 2 unspecified atom stereocenters. The topological polar surface area (TPSA) is 12.9 Å². The van der Waals surface area contributed by atoms with Crippen molar-refractivity contribution in [3.63, 3.8) is 0 Å². The Hall–Kier alpha value is -0.150. The van der Waals surface area contributed by atoms with E-state index in [1.54, 1.807) is 0 Å². The van der Waals surface area contributed by atoms with Crippen molar-refractivity contribution in [3.8, 4) is 0 Å². The van der Waals surface area contributed by atoms with Gasteiger partial charge in [-0.25, -0.2) is 0 Å². The Labute approximate surface area is 95.1 Å². The fourth-order valence-corrected chi connectivity index (χ4v) is 3.36. The van der Waals surface area contributed by atoms with Crippen LogP contribution in [0.15, 0.2) is 24.4 Å². The van der Waals surface area contributed by atoms with Crippen LogP contribution in [0.1, 0.15) is 30.5 Å². The summed E-state index contributed by atoms with van der Waals surface area (Å²) < 4.78 is 0.478. The van der Waals surface area contributed by atoms with Crippen molar-refractivity contribution in [2.24, 2.45) is 0 Å². The lowest BCUT2D eigenvalue weighted by molar-refractivity contribution is 0.903. The SMILES string of the molecule is CCC(C)SC(SC)c1ccccn1. The van der Waals surface area contributed by atoms with Gasteiger partial charge in [0.1, 0.15) is 0 Å². The van der Waals surface area contributed by atoms with Crippen molar-refractivity contribution < 1.29 is 0 Å². The average molecular weight is 227 g/mol. The molecule has 0 saturated heterocycles. The molecule has 1 nitrogen and oxygen atoms in total. The van der Waals surface area contributed by atoms with E-state index in [9.17, 15) is 0 Å². The van der Waals surface area contributed by atoms with Crippen molar-refractivity contribution in [1.29, 1.82) is 0 Å². The van der Waals surface area contributed by atoms with Gasteiger partial charge in [-0.15, -0.1) is 23.5 Å². The van der Waals surface area contributed by atoms with E-state index < -0.39 is 0 Å². The van der Waals surface area contributed by atoms with Gasteiger partial charge in [-0.2, -0.15) is 0 Å². The minimum absolute atomic E-state index is 0.478. The molecular formula is C11H17NS2. The molecule has 0 bridgehead atoms. The zero-order valence-electron chi connectivity index (χ0n) is 8.93. The molecule has 1 aromatic rings. The second kappa shape index (κ2) is 6.36. The van der Waals surface area contributed by atoms with E-state index in [1.807, 2.05) is 35.8 Å². The lowest BCUT2D eigenvalue weighted by atomic mass is 10.4. The molecule has 0 N–H and O–H groups in total. The molecule has 78 valence electrons. The third-order valence-corrected chi connectivity index (χ3v) is 4.94. The van der Waals surface area contributed by atoms with Crippen molar-refractivity contribution in [2.45, 2.75) is 30.1 Å². The predicted octanol–water partition coefficient (Wildman–Crippen LogP) is 3.97. The Balaban J connectivity index is 2.63. The summed E-state index contributed by atoms with van der Waals surface area (Å²) in [5.74, 6) is 0. The minimum atomic E-state index is 0.478. The van der Waals surface area contributed by atoms with E-state index in [1.165, 1.54) is 12.1 Å². The highest BCUT2D eigenvalue weighted by Gasteiger charge is 2.14. The minimum Gasteiger partial charge on any atom is -0.259 e. The largest absolute Gasteiger partial charge is 0.259 e. The van der Waals surface area contributed by atoms with Gasteiger partial charge in [-0.1, -0.05) is 19.9 Å². The molecule has 1 rings (SSSR count). The van der Waals surface area contributed by atoms with E-state index in [0.29, 0.717) is 9.83 Å². The average Bonchev–Trinajstić information content (AvgIpc) is 2.26. The smallest absolute Gasteiger partial charge is 0.0921 e. The maximum atomic E-state index is 4.40. The number of thioether (sulfide) groups is 2. The second-order valence-corrected chi connectivity index (χ2v) is 5.97. The standard InChI is InChI=1S/C11H17NS2/c1-4-9(2)14-11(13-3)10-7-5-6-8-12-10/h5-9,11H,4H2,1-3H3. The van der Waals surface area contributed by atoms with E-state index >= 15 is 0 Å². The van der Waals surface area contributed by atoms with E-state index in [-0.39, 0.29) is 0 Å². The second-order valence-electron chi connectivity index (χ2n) is 3.18. The van der Waals surface area contributed by atoms with Gasteiger partial charge in [0.05, 0.1) is 10.3 Å². The molecule has 2 atom stereocenters. The quantitative estimate of drug-likeness (QED) is 0.706. The summed E-state index contributed by atoms with van der Waals surface area (Å²) in [5, 5.41) is 0.703. The molecular weight excluding hydrogens is 210 g/mol. The first-order valence-electron chi connectivity index (χ1n) is 4.87. The third kappa shape index (κ3) is 3.54. The molecule has 0 amide bonds. The zero-order valence-corrected chi connectivity index (χ0v) is 10.6. The van der Waals surface area contributed by atoms with Gasteiger partial charge < -0.3 is 0 Å². The van der Waals surface area contributed by atoms with Gasteiger partial charge in [0.2, 0.25) is 0 Å². The van der Waals surface area contributed by atoms with Gasteiger partial charge in [0, 0.05) is 11.4 Å². The molecule has 0 fully saturated rings. The highest BCUT2D eigenvalue weighted by molar-refractivity contribution is 8.16. The molecule has 1 heterocycles. The molecule has 0 spiro atoms. The maximum absolute atomic E-state index is 4.40. The van der Waals surface area contributed by atoms with E-state index in [2.05, 4.69) is 37.2 Å². The predicted molar refractivity (Wildman–Crippen MR) is 67.8 cm³/mol.